The van der Waals surface area contributed by atoms with E-state index in [0.29, 0.717) is 4.88 Å². The molecule has 1 aromatic carbocycles. The third kappa shape index (κ3) is 2.32. The highest BCUT2D eigenvalue weighted by Gasteiger charge is 2.20. The van der Waals surface area contributed by atoms with Gasteiger partial charge in [-0.25, -0.2) is 8.78 Å². The minimum Gasteiger partial charge on any atom is -0.288 e. The van der Waals surface area contributed by atoms with E-state index in [1.54, 1.807) is 0 Å². The van der Waals surface area contributed by atoms with Crippen LogP contribution in [0.1, 0.15) is 38.5 Å². The molecule has 2 aromatic rings. The van der Waals surface area contributed by atoms with Crippen molar-refractivity contribution in [2.75, 3.05) is 0 Å². The molecule has 1 aliphatic carbocycles. The van der Waals surface area contributed by atoms with Gasteiger partial charge in [0.25, 0.3) is 0 Å². The van der Waals surface area contributed by atoms with E-state index in [-0.39, 0.29) is 11.3 Å². The van der Waals surface area contributed by atoms with E-state index in [0.717, 1.165) is 37.8 Å². The van der Waals surface area contributed by atoms with E-state index in [1.807, 2.05) is 6.07 Å². The summed E-state index contributed by atoms with van der Waals surface area (Å²) in [6, 6.07) is 4.95. The molecule has 1 aliphatic rings. The normalized spacial score (nSPS) is 14.2. The van der Waals surface area contributed by atoms with Crippen molar-refractivity contribution < 1.29 is 13.6 Å². The van der Waals surface area contributed by atoms with Gasteiger partial charge in [0.05, 0.1) is 10.4 Å². The van der Waals surface area contributed by atoms with Crippen molar-refractivity contribution in [2.24, 2.45) is 0 Å². The fraction of sp³-hybridized carbons (Fsp3) is 0.267. The Morgan fingerprint density at radius 1 is 1.11 bits per heavy atom. The van der Waals surface area contributed by atoms with Crippen LogP contribution in [0.5, 0.6) is 0 Å². The first kappa shape index (κ1) is 12.5. The SMILES string of the molecule is O=C(c1cc2c(s1)CCCC2)c1ccc(F)cc1F. The molecule has 3 rings (SSSR count). The number of ketones is 1. The van der Waals surface area contributed by atoms with E-state index in [1.165, 1.54) is 27.8 Å². The molecule has 0 aliphatic heterocycles. The number of aryl methyl sites for hydroxylation is 2. The first-order valence-electron chi connectivity index (χ1n) is 6.26. The highest BCUT2D eigenvalue weighted by molar-refractivity contribution is 7.14. The summed E-state index contributed by atoms with van der Waals surface area (Å²) in [6.07, 6.45) is 4.28. The van der Waals surface area contributed by atoms with Crippen molar-refractivity contribution in [3.05, 3.63) is 56.8 Å². The molecule has 19 heavy (non-hydrogen) atoms. The molecule has 0 spiro atoms. The molecule has 1 aromatic heterocycles. The van der Waals surface area contributed by atoms with Gasteiger partial charge in [0.2, 0.25) is 5.78 Å². The van der Waals surface area contributed by atoms with Crippen LogP contribution in [-0.2, 0) is 12.8 Å². The molecule has 98 valence electrons. The number of fused-ring (bicyclic) bond motifs is 1. The molecule has 0 fully saturated rings. The van der Waals surface area contributed by atoms with Crippen LogP contribution in [0.25, 0.3) is 0 Å². The molecule has 4 heteroatoms. The molecular formula is C15H12F2OS. The number of thiophene rings is 1. The monoisotopic (exact) mass is 278 g/mol. The summed E-state index contributed by atoms with van der Waals surface area (Å²) in [4.78, 5) is 14.0. The zero-order chi connectivity index (χ0) is 13.4. The zero-order valence-electron chi connectivity index (χ0n) is 10.2. The number of carbonyl (C=O) groups excluding carboxylic acids is 1. The van der Waals surface area contributed by atoms with Gasteiger partial charge in [-0.3, -0.25) is 4.79 Å². The number of hydrogen-bond acceptors (Lipinski definition) is 2. The van der Waals surface area contributed by atoms with Crippen molar-refractivity contribution in [1.29, 1.82) is 0 Å². The molecule has 0 radical (unpaired) electrons. The summed E-state index contributed by atoms with van der Waals surface area (Å²) >= 11 is 1.44. The van der Waals surface area contributed by atoms with Crippen molar-refractivity contribution in [3.63, 3.8) is 0 Å². The van der Waals surface area contributed by atoms with Crippen LogP contribution >= 0.6 is 11.3 Å². The van der Waals surface area contributed by atoms with Crippen LogP contribution in [0.3, 0.4) is 0 Å². The number of rotatable bonds is 2. The second-order valence-electron chi connectivity index (χ2n) is 4.72. The van der Waals surface area contributed by atoms with Gasteiger partial charge in [-0.05, 0) is 49.4 Å². The smallest absolute Gasteiger partial charge is 0.205 e. The van der Waals surface area contributed by atoms with Gasteiger partial charge < -0.3 is 0 Å². The Morgan fingerprint density at radius 2 is 1.89 bits per heavy atom. The summed E-state index contributed by atoms with van der Waals surface area (Å²) in [5.41, 5.74) is 1.15. The molecule has 1 heterocycles. The Kier molecular flexibility index (Phi) is 3.19. The number of benzene rings is 1. The number of carbonyl (C=O) groups is 1. The first-order valence-corrected chi connectivity index (χ1v) is 7.08. The summed E-state index contributed by atoms with van der Waals surface area (Å²) < 4.78 is 26.5. The van der Waals surface area contributed by atoms with Gasteiger partial charge >= 0.3 is 0 Å². The van der Waals surface area contributed by atoms with Crippen LogP contribution in [-0.4, -0.2) is 5.78 Å². The highest BCUT2D eigenvalue weighted by atomic mass is 32.1. The Morgan fingerprint density at radius 3 is 2.63 bits per heavy atom. The minimum atomic E-state index is -0.795. The third-order valence-corrected chi connectivity index (χ3v) is 4.63. The first-order chi connectivity index (χ1) is 9.15. The van der Waals surface area contributed by atoms with Crippen LogP contribution in [0.15, 0.2) is 24.3 Å². The molecule has 0 saturated heterocycles. The second kappa shape index (κ2) is 4.85. The van der Waals surface area contributed by atoms with Gasteiger partial charge in [-0.2, -0.15) is 0 Å². The summed E-state index contributed by atoms with van der Waals surface area (Å²) in [7, 11) is 0. The van der Waals surface area contributed by atoms with Crippen LogP contribution in [0.2, 0.25) is 0 Å². The molecule has 0 atom stereocenters. The lowest BCUT2D eigenvalue weighted by Gasteiger charge is -2.08. The maximum absolute atomic E-state index is 13.6. The Bertz CT molecular complexity index is 622. The van der Waals surface area contributed by atoms with E-state index >= 15 is 0 Å². The summed E-state index contributed by atoms with van der Waals surface area (Å²) in [5, 5.41) is 0. The van der Waals surface area contributed by atoms with E-state index in [4.69, 9.17) is 0 Å². The topological polar surface area (TPSA) is 17.1 Å². The largest absolute Gasteiger partial charge is 0.288 e. The van der Waals surface area contributed by atoms with Gasteiger partial charge in [-0.1, -0.05) is 0 Å². The predicted octanol–water partition coefficient (Wildman–Crippen LogP) is 4.14. The van der Waals surface area contributed by atoms with Crippen molar-refractivity contribution in [1.82, 2.24) is 0 Å². The molecule has 0 unspecified atom stereocenters. The Balaban J connectivity index is 1.97. The Labute approximate surface area is 113 Å². The van der Waals surface area contributed by atoms with Gasteiger partial charge in [-0.15, -0.1) is 11.3 Å². The summed E-state index contributed by atoms with van der Waals surface area (Å²) in [5.74, 6) is -1.81. The fourth-order valence-corrected chi connectivity index (χ4v) is 3.62. The van der Waals surface area contributed by atoms with E-state index in [2.05, 4.69) is 0 Å². The van der Waals surface area contributed by atoms with Gasteiger partial charge in [0.1, 0.15) is 11.6 Å². The maximum atomic E-state index is 13.6. The lowest BCUT2D eigenvalue weighted by Crippen LogP contribution is -2.02. The van der Waals surface area contributed by atoms with E-state index in [9.17, 15) is 13.6 Å². The average Bonchev–Trinajstić information content (AvgIpc) is 2.81. The number of hydrogen-bond donors (Lipinski definition) is 0. The lowest BCUT2D eigenvalue weighted by atomic mass is 9.98. The average molecular weight is 278 g/mol. The standard InChI is InChI=1S/C15H12F2OS/c16-10-5-6-11(12(17)8-10)15(18)14-7-9-3-1-2-4-13(9)19-14/h5-8H,1-4H2. The van der Waals surface area contributed by atoms with Gasteiger partial charge in [0.15, 0.2) is 0 Å². The second-order valence-corrected chi connectivity index (χ2v) is 5.86. The van der Waals surface area contributed by atoms with Crippen LogP contribution < -0.4 is 0 Å². The molecule has 0 N–H and O–H groups in total. The molecular weight excluding hydrogens is 266 g/mol. The van der Waals surface area contributed by atoms with E-state index < -0.39 is 11.6 Å². The fourth-order valence-electron chi connectivity index (χ4n) is 2.41. The maximum Gasteiger partial charge on any atom is 0.205 e. The predicted molar refractivity (Wildman–Crippen MR) is 70.8 cm³/mol. The summed E-state index contributed by atoms with van der Waals surface area (Å²) in [6.45, 7) is 0. The molecule has 0 amide bonds. The molecule has 0 saturated carbocycles. The lowest BCUT2D eigenvalue weighted by molar-refractivity contribution is 0.103. The molecule has 1 nitrogen and oxygen atoms in total. The third-order valence-electron chi connectivity index (χ3n) is 3.40. The van der Waals surface area contributed by atoms with Crippen LogP contribution in [0, 0.1) is 11.6 Å². The number of halogens is 2. The van der Waals surface area contributed by atoms with Gasteiger partial charge in [0, 0.05) is 10.9 Å². The van der Waals surface area contributed by atoms with Crippen molar-refractivity contribution in [2.45, 2.75) is 25.7 Å². The van der Waals surface area contributed by atoms with Crippen molar-refractivity contribution in [3.8, 4) is 0 Å². The minimum absolute atomic E-state index is 0.0556. The van der Waals surface area contributed by atoms with Crippen molar-refractivity contribution >= 4 is 17.1 Å². The van der Waals surface area contributed by atoms with Crippen LogP contribution in [0.4, 0.5) is 8.78 Å². The zero-order valence-corrected chi connectivity index (χ0v) is 11.0. The quantitative estimate of drug-likeness (QED) is 0.755. The Hall–Kier alpha value is -1.55. The molecule has 0 bridgehead atoms. The highest BCUT2D eigenvalue weighted by Crippen LogP contribution is 2.31.